The van der Waals surface area contributed by atoms with Crippen molar-refractivity contribution in [3.8, 4) is 0 Å². The molecule has 0 aromatic carbocycles. The Labute approximate surface area is 118 Å². The van der Waals surface area contributed by atoms with Gasteiger partial charge in [0.25, 0.3) is 0 Å². The Bertz CT molecular complexity index is 187. The quantitative estimate of drug-likeness (QED) is 0.371. The Morgan fingerprint density at radius 2 is 1.28 bits per heavy atom. The van der Waals surface area contributed by atoms with Crippen molar-refractivity contribution < 1.29 is 4.79 Å². The zero-order valence-corrected chi connectivity index (χ0v) is 15.9. The zero-order chi connectivity index (χ0) is 13.9. The fourth-order valence-corrected chi connectivity index (χ4v) is 19.0. The van der Waals surface area contributed by atoms with Gasteiger partial charge in [-0.05, 0) is 0 Å². The summed E-state index contributed by atoms with van der Waals surface area (Å²) in [5.41, 5.74) is 0. The second-order valence-corrected chi connectivity index (χ2v) is 19.6. The van der Waals surface area contributed by atoms with Crippen molar-refractivity contribution in [1.29, 1.82) is 0 Å². The van der Waals surface area contributed by atoms with Gasteiger partial charge in [0.2, 0.25) is 0 Å². The third-order valence-corrected chi connectivity index (χ3v) is 19.4. The average Bonchev–Trinajstić information content (AvgIpc) is 2.40. The molecule has 0 fully saturated rings. The van der Waals surface area contributed by atoms with E-state index in [9.17, 15) is 4.79 Å². The van der Waals surface area contributed by atoms with Gasteiger partial charge in [-0.2, -0.15) is 0 Å². The second-order valence-electron chi connectivity index (χ2n) is 5.83. The Balaban J connectivity index is 4.66. The van der Waals surface area contributed by atoms with Crippen molar-refractivity contribution in [2.45, 2.75) is 72.6 Å². The van der Waals surface area contributed by atoms with Crippen LogP contribution in [0.5, 0.6) is 0 Å². The van der Waals surface area contributed by atoms with Crippen LogP contribution < -0.4 is 0 Å². The topological polar surface area (TPSA) is 20.3 Å². The summed E-state index contributed by atoms with van der Waals surface area (Å²) < 4.78 is 5.62. The zero-order valence-electron chi connectivity index (χ0n) is 13.0. The first-order valence-electron chi connectivity index (χ1n) is 7.79. The van der Waals surface area contributed by atoms with E-state index >= 15 is 0 Å². The maximum absolute atomic E-state index is 11.0. The van der Waals surface area contributed by atoms with E-state index in [2.05, 4.69) is 20.8 Å². The van der Waals surface area contributed by atoms with Gasteiger partial charge >= 0.3 is 119 Å². The van der Waals surface area contributed by atoms with Crippen molar-refractivity contribution >= 4 is 24.8 Å². The van der Waals surface area contributed by atoms with E-state index in [0.717, 1.165) is 11.0 Å². The van der Waals surface area contributed by atoms with Gasteiger partial charge in [0.1, 0.15) is 0 Å². The van der Waals surface area contributed by atoms with E-state index in [-0.39, 0.29) is 0 Å². The number of carbonyl (C=O) groups excluding carboxylic acids is 1. The summed E-state index contributed by atoms with van der Waals surface area (Å²) in [6.45, 7) is 6.87. The summed E-state index contributed by atoms with van der Waals surface area (Å²) >= 11 is -2.08. The number of amides is 1. The number of carbonyl (C=O) groups is 1. The summed E-state index contributed by atoms with van der Waals surface area (Å²) in [6.07, 6.45) is 9.11. The van der Waals surface area contributed by atoms with E-state index in [0.29, 0.717) is 0 Å². The molecular formula is C15H33NOSn. The number of hydrogen-bond donors (Lipinski definition) is 0. The van der Waals surface area contributed by atoms with Crippen molar-refractivity contribution in [2.24, 2.45) is 0 Å². The molecule has 2 nitrogen and oxygen atoms in total. The van der Waals surface area contributed by atoms with Crippen LogP contribution in [0.25, 0.3) is 0 Å². The van der Waals surface area contributed by atoms with Crippen LogP contribution in [0, 0.1) is 0 Å². The molecule has 0 saturated heterocycles. The van der Waals surface area contributed by atoms with E-state index < -0.39 is 18.4 Å². The van der Waals surface area contributed by atoms with Crippen LogP contribution in [0.2, 0.25) is 13.3 Å². The van der Waals surface area contributed by atoms with E-state index in [1.807, 2.05) is 11.9 Å². The summed E-state index contributed by atoms with van der Waals surface area (Å²) in [7, 11) is 1.97. The number of nitrogens with zero attached hydrogens (tertiary/aromatic N) is 1. The third-order valence-electron chi connectivity index (χ3n) is 3.95. The SMILES string of the molecule is CCC[CH2][Sn]([CH2]CCC)([CH2]CCC)[CH2]N(C)C=O. The van der Waals surface area contributed by atoms with Gasteiger partial charge < -0.3 is 0 Å². The molecule has 0 heterocycles. The molecule has 0 N–H and O–H groups in total. The summed E-state index contributed by atoms with van der Waals surface area (Å²) in [5, 5.41) is 0. The van der Waals surface area contributed by atoms with Crippen LogP contribution in [0.1, 0.15) is 59.3 Å². The monoisotopic (exact) mass is 363 g/mol. The van der Waals surface area contributed by atoms with E-state index in [1.54, 1.807) is 0 Å². The molecule has 0 aliphatic heterocycles. The molecule has 3 heteroatoms. The molecule has 108 valence electrons. The van der Waals surface area contributed by atoms with Crippen LogP contribution in [0.4, 0.5) is 0 Å². The molecule has 0 aromatic rings. The molecule has 0 saturated carbocycles. The van der Waals surface area contributed by atoms with Gasteiger partial charge in [-0.1, -0.05) is 0 Å². The van der Waals surface area contributed by atoms with E-state index in [1.165, 1.54) is 51.8 Å². The fraction of sp³-hybridized carbons (Fsp3) is 0.933. The van der Waals surface area contributed by atoms with Crippen LogP contribution in [-0.2, 0) is 4.79 Å². The Hall–Kier alpha value is 0.269. The fourth-order valence-electron chi connectivity index (χ4n) is 2.83. The summed E-state index contributed by atoms with van der Waals surface area (Å²) in [5.74, 6) is 0. The van der Waals surface area contributed by atoms with Gasteiger partial charge in [0.05, 0.1) is 0 Å². The summed E-state index contributed by atoms with van der Waals surface area (Å²) in [4.78, 5) is 12.9. The minimum absolute atomic E-state index is 1.04. The molecule has 0 unspecified atom stereocenters. The van der Waals surface area contributed by atoms with Gasteiger partial charge in [-0.3, -0.25) is 0 Å². The van der Waals surface area contributed by atoms with Crippen LogP contribution in [-0.4, -0.2) is 41.3 Å². The van der Waals surface area contributed by atoms with Crippen LogP contribution in [0.15, 0.2) is 0 Å². The van der Waals surface area contributed by atoms with Gasteiger partial charge in [0, 0.05) is 0 Å². The molecule has 0 atom stereocenters. The van der Waals surface area contributed by atoms with Crippen molar-refractivity contribution in [1.82, 2.24) is 4.90 Å². The van der Waals surface area contributed by atoms with Crippen molar-refractivity contribution in [3.63, 3.8) is 0 Å². The minimum atomic E-state index is -2.08. The first-order chi connectivity index (χ1) is 8.64. The molecule has 0 aliphatic rings. The molecule has 0 spiro atoms. The van der Waals surface area contributed by atoms with Crippen molar-refractivity contribution in [2.75, 3.05) is 11.6 Å². The van der Waals surface area contributed by atoms with Crippen molar-refractivity contribution in [3.05, 3.63) is 0 Å². The number of unbranched alkanes of at least 4 members (excludes halogenated alkanes) is 3. The van der Waals surface area contributed by atoms with Crippen LogP contribution in [0.3, 0.4) is 0 Å². The molecule has 1 amide bonds. The maximum atomic E-state index is 11.0. The van der Waals surface area contributed by atoms with E-state index in [4.69, 9.17) is 0 Å². The predicted molar refractivity (Wildman–Crippen MR) is 83.6 cm³/mol. The summed E-state index contributed by atoms with van der Waals surface area (Å²) in [6, 6.07) is 0. The van der Waals surface area contributed by atoms with Gasteiger partial charge in [0.15, 0.2) is 0 Å². The number of hydrogen-bond acceptors (Lipinski definition) is 1. The molecule has 0 bridgehead atoms. The molecule has 18 heavy (non-hydrogen) atoms. The molecule has 0 rings (SSSR count). The molecule has 0 radical (unpaired) electrons. The predicted octanol–water partition coefficient (Wildman–Crippen LogP) is 4.46. The average molecular weight is 362 g/mol. The number of rotatable bonds is 12. The van der Waals surface area contributed by atoms with Crippen LogP contribution >= 0.6 is 0 Å². The first kappa shape index (κ1) is 18.3. The van der Waals surface area contributed by atoms with Gasteiger partial charge in [-0.15, -0.1) is 0 Å². The van der Waals surface area contributed by atoms with Gasteiger partial charge in [-0.25, -0.2) is 0 Å². The first-order valence-corrected chi connectivity index (χ1v) is 15.9. The Morgan fingerprint density at radius 3 is 1.56 bits per heavy atom. The molecule has 0 aliphatic carbocycles. The Kier molecular flexibility index (Phi) is 11.3. The Morgan fingerprint density at radius 1 is 0.889 bits per heavy atom. The standard InChI is InChI=1S/3C4H9.C3H6NO.Sn/c3*1-3-4-2;1-4(2)3-5;/h3*1,3-4H2,2H3;3H,1H2,2H3;. The molecular weight excluding hydrogens is 329 g/mol. The third kappa shape index (κ3) is 7.65. The second kappa shape index (κ2) is 11.1. The molecule has 0 aromatic heterocycles. The normalized spacial score (nSPS) is 11.6.